The van der Waals surface area contributed by atoms with E-state index in [9.17, 15) is 19.2 Å². The number of likely N-dealkylation sites (tertiary alicyclic amines) is 1. The van der Waals surface area contributed by atoms with Gasteiger partial charge in [0.2, 0.25) is 11.8 Å². The van der Waals surface area contributed by atoms with E-state index in [1.807, 2.05) is 60.7 Å². The summed E-state index contributed by atoms with van der Waals surface area (Å²) in [6.07, 6.45) is 0.252. The number of benzene rings is 3. The van der Waals surface area contributed by atoms with Crippen molar-refractivity contribution >= 4 is 34.7 Å². The molecule has 8 heteroatoms. The third-order valence-electron chi connectivity index (χ3n) is 5.87. The lowest BCUT2D eigenvalue weighted by atomic mass is 9.97. The molecule has 1 aliphatic rings. The van der Waals surface area contributed by atoms with Crippen LogP contribution in [0.2, 0.25) is 0 Å². The van der Waals surface area contributed by atoms with Gasteiger partial charge in [-0.2, -0.15) is 0 Å². The Hall–Kier alpha value is -3.91. The molecule has 7 nitrogen and oxygen atoms in total. The van der Waals surface area contributed by atoms with Gasteiger partial charge in [-0.3, -0.25) is 14.4 Å². The lowest BCUT2D eigenvalue weighted by Crippen LogP contribution is -2.71. The molecule has 1 aliphatic heterocycles. The number of nitrogens with zero attached hydrogens (tertiary/aromatic N) is 1. The van der Waals surface area contributed by atoms with Gasteiger partial charge in [0.1, 0.15) is 11.4 Å². The van der Waals surface area contributed by atoms with Gasteiger partial charge in [-0.05, 0) is 16.7 Å². The third-order valence-corrected chi connectivity index (χ3v) is 7.01. The second kappa shape index (κ2) is 11.7. The zero-order chi connectivity index (χ0) is 25.5. The van der Waals surface area contributed by atoms with Crippen LogP contribution in [0.3, 0.4) is 0 Å². The molecule has 184 valence electrons. The first kappa shape index (κ1) is 25.2. The maximum absolute atomic E-state index is 13.3. The van der Waals surface area contributed by atoms with Crippen molar-refractivity contribution in [3.8, 4) is 0 Å². The lowest BCUT2D eigenvalue weighted by molar-refractivity contribution is -0.164. The van der Waals surface area contributed by atoms with Gasteiger partial charge in [0, 0.05) is 6.42 Å². The Morgan fingerprint density at radius 3 is 1.94 bits per heavy atom. The molecule has 3 atom stereocenters. The van der Waals surface area contributed by atoms with Crippen molar-refractivity contribution in [1.29, 1.82) is 0 Å². The van der Waals surface area contributed by atoms with Gasteiger partial charge in [-0.25, -0.2) is 4.79 Å². The van der Waals surface area contributed by atoms with Gasteiger partial charge in [-0.1, -0.05) is 103 Å². The van der Waals surface area contributed by atoms with Crippen molar-refractivity contribution in [1.82, 2.24) is 10.2 Å². The van der Waals surface area contributed by atoms with Gasteiger partial charge < -0.3 is 15.0 Å². The zero-order valence-electron chi connectivity index (χ0n) is 19.7. The van der Waals surface area contributed by atoms with E-state index in [4.69, 9.17) is 4.74 Å². The quantitative estimate of drug-likeness (QED) is 0.357. The first-order chi connectivity index (χ1) is 17.5. The van der Waals surface area contributed by atoms with E-state index in [2.05, 4.69) is 5.32 Å². The molecular weight excluding hydrogens is 476 g/mol. The third kappa shape index (κ3) is 5.83. The number of nitrogens with one attached hydrogen (secondary N) is 1. The molecule has 0 spiro atoms. The maximum atomic E-state index is 13.3. The summed E-state index contributed by atoms with van der Waals surface area (Å²) in [6, 6.07) is 25.2. The van der Waals surface area contributed by atoms with Crippen LogP contribution in [0.5, 0.6) is 0 Å². The van der Waals surface area contributed by atoms with Crippen molar-refractivity contribution in [3.05, 3.63) is 108 Å². The summed E-state index contributed by atoms with van der Waals surface area (Å²) in [6.45, 7) is 0. The normalized spacial score (nSPS) is 17.6. The van der Waals surface area contributed by atoms with Crippen molar-refractivity contribution < 1.29 is 23.9 Å². The largest absolute Gasteiger partial charge is 0.467 e. The Balaban J connectivity index is 1.57. The molecule has 0 radical (unpaired) electrons. The number of β-lactam (4-membered cyclic amide) rings is 1. The second-order valence-electron chi connectivity index (χ2n) is 8.33. The van der Waals surface area contributed by atoms with E-state index in [0.717, 1.165) is 22.9 Å². The molecule has 4 rings (SSSR count). The van der Waals surface area contributed by atoms with Gasteiger partial charge in [-0.15, -0.1) is 0 Å². The minimum Gasteiger partial charge on any atom is -0.467 e. The molecule has 3 aromatic rings. The number of hydrogen-bond donors (Lipinski definition) is 1. The van der Waals surface area contributed by atoms with Crippen molar-refractivity contribution in [2.45, 2.75) is 30.3 Å². The van der Waals surface area contributed by atoms with Gasteiger partial charge in [0.25, 0.3) is 0 Å². The number of thioether (sulfide) groups is 1. The van der Waals surface area contributed by atoms with Crippen molar-refractivity contribution in [2.75, 3.05) is 7.11 Å². The number of hydrogen-bond acceptors (Lipinski definition) is 6. The SMILES string of the molecule is COC(=O)C(c1ccccc1)N1C(=O)C(NC(=O)Cc2ccccc2)C1SC(=O)Cc1ccccc1. The van der Waals surface area contributed by atoms with Crippen LogP contribution in [-0.2, 0) is 36.8 Å². The van der Waals surface area contributed by atoms with Crippen LogP contribution in [0.1, 0.15) is 22.7 Å². The summed E-state index contributed by atoms with van der Waals surface area (Å²) < 4.78 is 5.00. The minimum atomic E-state index is -1.03. The highest BCUT2D eigenvalue weighted by Crippen LogP contribution is 2.39. The molecule has 0 aromatic heterocycles. The van der Waals surface area contributed by atoms with Gasteiger partial charge >= 0.3 is 5.97 Å². The number of amides is 2. The predicted molar refractivity (Wildman–Crippen MR) is 137 cm³/mol. The van der Waals surface area contributed by atoms with Crippen LogP contribution in [0.4, 0.5) is 0 Å². The molecular formula is C28H26N2O5S. The summed E-state index contributed by atoms with van der Waals surface area (Å²) in [5, 5.41) is 1.83. The average Bonchev–Trinajstić information content (AvgIpc) is 2.90. The smallest absolute Gasteiger partial charge is 0.333 e. The van der Waals surface area contributed by atoms with Crippen LogP contribution < -0.4 is 5.32 Å². The Bertz CT molecular complexity index is 1220. The molecule has 0 bridgehead atoms. The summed E-state index contributed by atoms with van der Waals surface area (Å²) >= 11 is 0.944. The number of methoxy groups -OCH3 is 1. The fraction of sp³-hybridized carbons (Fsp3) is 0.214. The van der Waals surface area contributed by atoms with Crippen LogP contribution in [0.15, 0.2) is 91.0 Å². The number of ether oxygens (including phenoxy) is 1. The van der Waals surface area contributed by atoms with Crippen molar-refractivity contribution in [3.63, 3.8) is 0 Å². The fourth-order valence-corrected chi connectivity index (χ4v) is 5.30. The summed E-state index contributed by atoms with van der Waals surface area (Å²) in [7, 11) is 1.25. The first-order valence-electron chi connectivity index (χ1n) is 11.5. The standard InChI is InChI=1S/C28H26N2O5S/c1-35-28(34)25(21-15-9-4-10-16-21)30-26(33)24(29-22(31)17-19-11-5-2-6-12-19)27(30)36-23(32)18-20-13-7-3-8-14-20/h2-16,24-25,27H,17-18H2,1H3,(H,29,31). The van der Waals surface area contributed by atoms with Crippen molar-refractivity contribution in [2.24, 2.45) is 0 Å². The number of esters is 1. The minimum absolute atomic E-state index is 0.0963. The number of rotatable bonds is 9. The van der Waals surface area contributed by atoms with E-state index >= 15 is 0 Å². The molecule has 2 amide bonds. The molecule has 36 heavy (non-hydrogen) atoms. The van der Waals surface area contributed by atoms with Gasteiger partial charge in [0.15, 0.2) is 11.2 Å². The monoisotopic (exact) mass is 502 g/mol. The highest BCUT2D eigenvalue weighted by atomic mass is 32.2. The Morgan fingerprint density at radius 1 is 0.861 bits per heavy atom. The van der Waals surface area contributed by atoms with E-state index in [1.54, 1.807) is 30.3 Å². The van der Waals surface area contributed by atoms with E-state index in [1.165, 1.54) is 12.0 Å². The van der Waals surface area contributed by atoms with Gasteiger partial charge in [0.05, 0.1) is 13.5 Å². The zero-order valence-corrected chi connectivity index (χ0v) is 20.5. The molecule has 0 aliphatic carbocycles. The predicted octanol–water partition coefficient (Wildman–Crippen LogP) is 3.30. The molecule has 1 saturated heterocycles. The van der Waals surface area contributed by atoms with Crippen LogP contribution in [-0.4, -0.2) is 46.3 Å². The summed E-state index contributed by atoms with van der Waals surface area (Å²) in [4.78, 5) is 53.2. The fourth-order valence-electron chi connectivity index (χ4n) is 4.12. The maximum Gasteiger partial charge on any atom is 0.333 e. The molecule has 1 heterocycles. The lowest BCUT2D eigenvalue weighted by Gasteiger charge is -2.49. The highest BCUT2D eigenvalue weighted by molar-refractivity contribution is 8.14. The Kier molecular flexibility index (Phi) is 8.17. The molecule has 3 unspecified atom stereocenters. The molecule has 3 aromatic carbocycles. The van der Waals surface area contributed by atoms with Crippen LogP contribution >= 0.6 is 11.8 Å². The molecule has 1 N–H and O–H groups in total. The first-order valence-corrected chi connectivity index (χ1v) is 12.4. The van der Waals surface area contributed by atoms with E-state index in [0.29, 0.717) is 5.56 Å². The highest BCUT2D eigenvalue weighted by Gasteiger charge is 2.54. The summed E-state index contributed by atoms with van der Waals surface area (Å²) in [5.41, 5.74) is 2.21. The second-order valence-corrected chi connectivity index (χ2v) is 9.51. The Morgan fingerprint density at radius 2 is 1.39 bits per heavy atom. The number of carbonyl (C=O) groups is 4. The van der Waals surface area contributed by atoms with Crippen LogP contribution in [0, 0.1) is 0 Å². The molecule has 1 fully saturated rings. The summed E-state index contributed by atoms with van der Waals surface area (Å²) in [5.74, 6) is -1.40. The van der Waals surface area contributed by atoms with E-state index in [-0.39, 0.29) is 23.9 Å². The topological polar surface area (TPSA) is 92.8 Å². The average molecular weight is 503 g/mol. The molecule has 0 saturated carbocycles. The van der Waals surface area contributed by atoms with Crippen LogP contribution in [0.25, 0.3) is 0 Å². The number of carbonyl (C=O) groups excluding carboxylic acids is 4. The Labute approximate surface area is 213 Å². The van der Waals surface area contributed by atoms with E-state index < -0.39 is 29.3 Å².